The van der Waals surface area contributed by atoms with Crippen molar-refractivity contribution in [3.05, 3.63) is 65.7 Å². The Kier molecular flexibility index (Phi) is 5.27. The summed E-state index contributed by atoms with van der Waals surface area (Å²) in [6.45, 7) is 0.403. The van der Waals surface area contributed by atoms with Gasteiger partial charge in [-0.1, -0.05) is 30.3 Å². The van der Waals surface area contributed by atoms with Gasteiger partial charge in [-0.3, -0.25) is 9.59 Å². The van der Waals surface area contributed by atoms with Crippen LogP contribution in [0.15, 0.2) is 54.6 Å². The first-order valence-electron chi connectivity index (χ1n) is 6.78. The fourth-order valence-corrected chi connectivity index (χ4v) is 1.86. The Labute approximate surface area is 128 Å². The average Bonchev–Trinajstić information content (AvgIpc) is 2.55. The molecule has 0 spiro atoms. The summed E-state index contributed by atoms with van der Waals surface area (Å²) in [7, 11) is 0. The molecule has 2 amide bonds. The summed E-state index contributed by atoms with van der Waals surface area (Å²) in [5.74, 6) is -0.473. The lowest BCUT2D eigenvalue weighted by atomic mass is 10.2. The third-order valence-corrected chi connectivity index (χ3v) is 2.97. The highest BCUT2D eigenvalue weighted by atomic mass is 16.2. The molecule has 22 heavy (non-hydrogen) atoms. The molecule has 0 radical (unpaired) electrons. The molecule has 0 aliphatic carbocycles. The van der Waals surface area contributed by atoms with Gasteiger partial charge in [-0.05, 0) is 29.8 Å². The molecule has 0 heterocycles. The Hall–Kier alpha value is -3.13. The molecule has 5 nitrogen and oxygen atoms in total. The first-order chi connectivity index (χ1) is 10.7. The number of rotatable bonds is 5. The van der Waals surface area contributed by atoms with E-state index in [1.165, 1.54) is 0 Å². The molecule has 2 N–H and O–H groups in total. The van der Waals surface area contributed by atoms with E-state index in [9.17, 15) is 9.59 Å². The maximum absolute atomic E-state index is 11.9. The van der Waals surface area contributed by atoms with Crippen LogP contribution in [0, 0.1) is 11.3 Å². The van der Waals surface area contributed by atoms with Crippen LogP contribution in [0.4, 0.5) is 5.69 Å². The van der Waals surface area contributed by atoms with E-state index in [-0.39, 0.29) is 18.2 Å². The van der Waals surface area contributed by atoms with Crippen LogP contribution in [0.1, 0.15) is 22.3 Å². The fourth-order valence-electron chi connectivity index (χ4n) is 1.86. The molecule has 0 fully saturated rings. The number of hydrogen-bond donors (Lipinski definition) is 2. The minimum Gasteiger partial charge on any atom is -0.348 e. The Balaban J connectivity index is 1.88. The number of carbonyl (C=O) groups is 2. The van der Waals surface area contributed by atoms with E-state index >= 15 is 0 Å². The van der Waals surface area contributed by atoms with Gasteiger partial charge < -0.3 is 10.6 Å². The number of nitrogens with zero attached hydrogens (tertiary/aromatic N) is 1. The normalized spacial score (nSPS) is 9.59. The van der Waals surface area contributed by atoms with Crippen molar-refractivity contribution in [2.75, 3.05) is 5.32 Å². The van der Waals surface area contributed by atoms with Crippen LogP contribution in [-0.2, 0) is 11.3 Å². The lowest BCUT2D eigenvalue weighted by molar-refractivity contribution is -0.115. The van der Waals surface area contributed by atoms with E-state index in [0.29, 0.717) is 17.8 Å². The Bertz CT molecular complexity index is 688. The van der Waals surface area contributed by atoms with Crippen molar-refractivity contribution in [2.24, 2.45) is 0 Å². The summed E-state index contributed by atoms with van der Waals surface area (Å²) in [6.07, 6.45) is -0.172. The number of anilines is 1. The summed E-state index contributed by atoms with van der Waals surface area (Å²) >= 11 is 0. The van der Waals surface area contributed by atoms with Gasteiger partial charge in [0, 0.05) is 17.8 Å². The zero-order valence-corrected chi connectivity index (χ0v) is 11.9. The van der Waals surface area contributed by atoms with Crippen molar-refractivity contribution >= 4 is 17.5 Å². The van der Waals surface area contributed by atoms with Gasteiger partial charge >= 0.3 is 0 Å². The van der Waals surface area contributed by atoms with E-state index in [4.69, 9.17) is 5.26 Å². The molecule has 0 aliphatic heterocycles. The molecule has 0 aromatic heterocycles. The van der Waals surface area contributed by atoms with Crippen LogP contribution in [0.3, 0.4) is 0 Å². The van der Waals surface area contributed by atoms with E-state index < -0.39 is 0 Å². The number of benzene rings is 2. The van der Waals surface area contributed by atoms with Gasteiger partial charge in [-0.25, -0.2) is 0 Å². The molecule has 0 saturated carbocycles. The van der Waals surface area contributed by atoms with Crippen LogP contribution in [0.2, 0.25) is 0 Å². The lowest BCUT2D eigenvalue weighted by Crippen LogP contribution is -2.22. The number of amides is 2. The van der Waals surface area contributed by atoms with Crippen LogP contribution in [0.5, 0.6) is 0 Å². The summed E-state index contributed by atoms with van der Waals surface area (Å²) in [6, 6.07) is 17.9. The van der Waals surface area contributed by atoms with Gasteiger partial charge in [0.15, 0.2) is 0 Å². The van der Waals surface area contributed by atoms with E-state index in [1.807, 2.05) is 30.3 Å². The zero-order chi connectivity index (χ0) is 15.8. The van der Waals surface area contributed by atoms with Crippen molar-refractivity contribution < 1.29 is 9.59 Å². The second-order valence-corrected chi connectivity index (χ2v) is 4.63. The predicted molar refractivity (Wildman–Crippen MR) is 82.9 cm³/mol. The number of nitrogens with one attached hydrogen (secondary N) is 2. The van der Waals surface area contributed by atoms with Crippen LogP contribution >= 0.6 is 0 Å². The van der Waals surface area contributed by atoms with E-state index in [2.05, 4.69) is 10.6 Å². The Morgan fingerprint density at radius 2 is 1.68 bits per heavy atom. The lowest BCUT2D eigenvalue weighted by Gasteiger charge is -2.07. The van der Waals surface area contributed by atoms with Crippen LogP contribution in [-0.4, -0.2) is 11.8 Å². The molecule has 2 aromatic rings. The summed E-state index contributed by atoms with van der Waals surface area (Å²) < 4.78 is 0. The molecule has 2 aromatic carbocycles. The number of carbonyl (C=O) groups excluding carboxylic acids is 2. The predicted octanol–water partition coefficient (Wildman–Crippen LogP) is 2.47. The van der Waals surface area contributed by atoms with E-state index in [1.54, 1.807) is 30.3 Å². The number of hydrogen-bond acceptors (Lipinski definition) is 3. The molecule has 5 heteroatoms. The van der Waals surface area contributed by atoms with Crippen molar-refractivity contribution in [3.63, 3.8) is 0 Å². The maximum atomic E-state index is 11.9. The number of nitriles is 1. The van der Waals surface area contributed by atoms with Crippen molar-refractivity contribution in [1.82, 2.24) is 5.32 Å². The van der Waals surface area contributed by atoms with Crippen molar-refractivity contribution in [3.8, 4) is 6.07 Å². The average molecular weight is 293 g/mol. The molecule has 0 atom stereocenters. The topological polar surface area (TPSA) is 82.0 Å². The molecule has 0 saturated heterocycles. The zero-order valence-electron chi connectivity index (χ0n) is 11.9. The van der Waals surface area contributed by atoms with Gasteiger partial charge in [0.25, 0.3) is 5.91 Å². The SMILES string of the molecule is N#CCC(=O)Nc1ccc(CNC(=O)c2ccccc2)cc1. The quantitative estimate of drug-likeness (QED) is 0.888. The van der Waals surface area contributed by atoms with Gasteiger partial charge in [0.1, 0.15) is 6.42 Å². The summed E-state index contributed by atoms with van der Waals surface area (Å²) in [5.41, 5.74) is 2.16. The molecular weight excluding hydrogens is 278 g/mol. The monoisotopic (exact) mass is 293 g/mol. The second-order valence-electron chi connectivity index (χ2n) is 4.63. The maximum Gasteiger partial charge on any atom is 0.251 e. The minimum atomic E-state index is -0.340. The molecular formula is C17H15N3O2. The first kappa shape index (κ1) is 15.3. The highest BCUT2D eigenvalue weighted by Crippen LogP contribution is 2.10. The second kappa shape index (κ2) is 7.60. The van der Waals surface area contributed by atoms with Crippen LogP contribution < -0.4 is 10.6 Å². The van der Waals surface area contributed by atoms with Gasteiger partial charge in [0.05, 0.1) is 6.07 Å². The highest BCUT2D eigenvalue weighted by molar-refractivity contribution is 5.94. The summed E-state index contributed by atoms with van der Waals surface area (Å²) in [5, 5.41) is 13.9. The molecule has 0 unspecified atom stereocenters. The van der Waals surface area contributed by atoms with E-state index in [0.717, 1.165) is 5.56 Å². The molecule has 2 rings (SSSR count). The smallest absolute Gasteiger partial charge is 0.251 e. The molecule has 0 bridgehead atoms. The summed E-state index contributed by atoms with van der Waals surface area (Å²) in [4.78, 5) is 23.2. The largest absolute Gasteiger partial charge is 0.348 e. The van der Waals surface area contributed by atoms with Crippen LogP contribution in [0.25, 0.3) is 0 Å². The fraction of sp³-hybridized carbons (Fsp3) is 0.118. The minimum absolute atomic E-state index is 0.132. The standard InChI is InChI=1S/C17H15N3O2/c18-11-10-16(21)20-15-8-6-13(7-9-15)12-19-17(22)14-4-2-1-3-5-14/h1-9H,10,12H2,(H,19,22)(H,20,21). The Morgan fingerprint density at radius 3 is 2.32 bits per heavy atom. The van der Waals surface area contributed by atoms with Crippen molar-refractivity contribution in [2.45, 2.75) is 13.0 Å². The molecule has 0 aliphatic rings. The first-order valence-corrected chi connectivity index (χ1v) is 6.78. The van der Waals surface area contributed by atoms with Gasteiger partial charge in [-0.15, -0.1) is 0 Å². The highest BCUT2D eigenvalue weighted by Gasteiger charge is 2.04. The third kappa shape index (κ3) is 4.46. The third-order valence-electron chi connectivity index (χ3n) is 2.97. The molecule has 110 valence electrons. The Morgan fingerprint density at radius 1 is 1.00 bits per heavy atom. The van der Waals surface area contributed by atoms with Crippen molar-refractivity contribution in [1.29, 1.82) is 5.26 Å². The van der Waals surface area contributed by atoms with Gasteiger partial charge in [0.2, 0.25) is 5.91 Å². The van der Waals surface area contributed by atoms with Gasteiger partial charge in [-0.2, -0.15) is 5.26 Å².